The van der Waals surface area contributed by atoms with Gasteiger partial charge in [-0.1, -0.05) is 0 Å². The third-order valence-corrected chi connectivity index (χ3v) is 4.22. The third-order valence-electron chi connectivity index (χ3n) is 4.22. The Morgan fingerprint density at radius 3 is 2.67 bits per heavy atom. The van der Waals surface area contributed by atoms with Crippen molar-refractivity contribution in [1.29, 1.82) is 0 Å². The highest BCUT2D eigenvalue weighted by Crippen LogP contribution is 2.37. The lowest BCUT2D eigenvalue weighted by Gasteiger charge is -2.39. The Balaban J connectivity index is 1.84. The maximum Gasteiger partial charge on any atom is 0.162 e. The van der Waals surface area contributed by atoms with E-state index in [1.807, 2.05) is 12.3 Å². The number of nitrogens with one attached hydrogen (secondary N) is 1. The summed E-state index contributed by atoms with van der Waals surface area (Å²) < 4.78 is 11.4. The number of hydrogen-bond acceptors (Lipinski definition) is 5. The first kappa shape index (κ1) is 12.7. The van der Waals surface area contributed by atoms with Crippen LogP contribution in [0.2, 0.25) is 0 Å². The Hall–Kier alpha value is -2.01. The van der Waals surface area contributed by atoms with Crippen LogP contribution < -0.4 is 19.7 Å². The predicted molar refractivity (Wildman–Crippen MR) is 82.4 cm³/mol. The first-order chi connectivity index (χ1) is 10.4. The Morgan fingerprint density at radius 2 is 2.00 bits per heavy atom. The van der Waals surface area contributed by atoms with Crippen molar-refractivity contribution in [3.8, 4) is 11.5 Å². The summed E-state index contributed by atoms with van der Waals surface area (Å²) in [5, 5.41) is 5.61. The van der Waals surface area contributed by atoms with Crippen LogP contribution in [0, 0.1) is 0 Å². The number of anilines is 1. The minimum Gasteiger partial charge on any atom is -0.486 e. The molecule has 5 nitrogen and oxygen atoms in total. The lowest BCUT2D eigenvalue weighted by atomic mass is 10.1. The van der Waals surface area contributed by atoms with Crippen molar-refractivity contribution < 1.29 is 9.47 Å². The molecule has 3 heterocycles. The lowest BCUT2D eigenvalue weighted by molar-refractivity contribution is 0.172. The summed E-state index contributed by atoms with van der Waals surface area (Å²) in [6.45, 7) is 6.40. The van der Waals surface area contributed by atoms with E-state index < -0.39 is 0 Å². The van der Waals surface area contributed by atoms with Gasteiger partial charge in [0.05, 0.1) is 6.04 Å². The van der Waals surface area contributed by atoms with Crippen LogP contribution in [0.4, 0.5) is 5.82 Å². The smallest absolute Gasteiger partial charge is 0.162 e. The van der Waals surface area contributed by atoms with Crippen molar-refractivity contribution in [2.24, 2.45) is 0 Å². The molecule has 4 rings (SSSR count). The molecule has 0 spiro atoms. The molecule has 0 bridgehead atoms. The third kappa shape index (κ3) is 2.08. The number of fused-ring (bicyclic) bond motifs is 2. The molecule has 110 valence electrons. The number of nitrogens with zero attached hydrogens (tertiary/aromatic N) is 2. The molecule has 1 aromatic carbocycles. The van der Waals surface area contributed by atoms with E-state index in [2.05, 4.69) is 34.3 Å². The molecule has 1 N–H and O–H groups in total. The van der Waals surface area contributed by atoms with Gasteiger partial charge in [0.1, 0.15) is 19.0 Å². The summed E-state index contributed by atoms with van der Waals surface area (Å²) in [4.78, 5) is 7.00. The topological polar surface area (TPSA) is 46.6 Å². The first-order valence-electron chi connectivity index (χ1n) is 7.52. The van der Waals surface area contributed by atoms with Gasteiger partial charge in [-0.15, -0.1) is 0 Å². The van der Waals surface area contributed by atoms with E-state index in [-0.39, 0.29) is 0 Å². The van der Waals surface area contributed by atoms with Crippen molar-refractivity contribution in [2.75, 3.05) is 37.7 Å². The zero-order chi connectivity index (χ0) is 14.2. The summed E-state index contributed by atoms with van der Waals surface area (Å²) in [6.07, 6.45) is 1.88. The van der Waals surface area contributed by atoms with Gasteiger partial charge in [-0.3, -0.25) is 0 Å². The monoisotopic (exact) mass is 285 g/mol. The summed E-state index contributed by atoms with van der Waals surface area (Å²) in [5.41, 5.74) is 0. The van der Waals surface area contributed by atoms with E-state index in [1.165, 1.54) is 0 Å². The summed E-state index contributed by atoms with van der Waals surface area (Å²) in [7, 11) is 0. The molecule has 5 heteroatoms. The fourth-order valence-electron chi connectivity index (χ4n) is 3.00. The molecular formula is C16H19N3O2. The second-order valence-corrected chi connectivity index (χ2v) is 5.45. The zero-order valence-electron chi connectivity index (χ0n) is 12.1. The van der Waals surface area contributed by atoms with Crippen molar-refractivity contribution in [3.05, 3.63) is 24.4 Å². The summed E-state index contributed by atoms with van der Waals surface area (Å²) in [6, 6.07) is 6.69. The molecule has 0 atom stereocenters. The predicted octanol–water partition coefficient (Wildman–Crippen LogP) is 1.80. The van der Waals surface area contributed by atoms with Crippen LogP contribution >= 0.6 is 0 Å². The normalized spacial score (nSPS) is 17.6. The van der Waals surface area contributed by atoms with Crippen molar-refractivity contribution in [1.82, 2.24) is 10.3 Å². The molecule has 1 saturated heterocycles. The van der Waals surface area contributed by atoms with Gasteiger partial charge in [-0.25, -0.2) is 4.98 Å². The maximum atomic E-state index is 5.72. The number of hydrogen-bond donors (Lipinski definition) is 1. The standard InChI is InChI=1S/C16H19N3O2/c1-2-19(12-9-17-10-12)16-13-8-15-14(20-5-6-21-15)7-11(13)3-4-18-16/h3-4,7-8,12,17H,2,5-6,9-10H2,1H3. The average Bonchev–Trinajstić information content (AvgIpc) is 2.48. The van der Waals surface area contributed by atoms with Gasteiger partial charge in [0, 0.05) is 31.2 Å². The number of ether oxygens (including phenoxy) is 2. The van der Waals surface area contributed by atoms with Gasteiger partial charge in [-0.2, -0.15) is 0 Å². The van der Waals surface area contributed by atoms with Crippen LogP contribution in [0.1, 0.15) is 6.92 Å². The molecule has 0 unspecified atom stereocenters. The quantitative estimate of drug-likeness (QED) is 0.932. The second-order valence-electron chi connectivity index (χ2n) is 5.45. The van der Waals surface area contributed by atoms with Crippen LogP contribution in [0.25, 0.3) is 10.8 Å². The van der Waals surface area contributed by atoms with Gasteiger partial charge < -0.3 is 19.7 Å². The Labute approximate surface area is 123 Å². The minimum atomic E-state index is 0.529. The fourth-order valence-corrected chi connectivity index (χ4v) is 3.00. The molecule has 2 aliphatic heterocycles. The van der Waals surface area contributed by atoms with Gasteiger partial charge in [0.2, 0.25) is 0 Å². The highest BCUT2D eigenvalue weighted by molar-refractivity contribution is 5.94. The van der Waals surface area contributed by atoms with Gasteiger partial charge in [0.25, 0.3) is 0 Å². The van der Waals surface area contributed by atoms with Crippen molar-refractivity contribution >= 4 is 16.6 Å². The number of likely N-dealkylation sites (N-methyl/N-ethyl adjacent to an activating group) is 1. The molecule has 0 amide bonds. The molecule has 0 saturated carbocycles. The Kier molecular flexibility index (Phi) is 3.07. The number of rotatable bonds is 3. The fraction of sp³-hybridized carbons (Fsp3) is 0.438. The van der Waals surface area contributed by atoms with Crippen molar-refractivity contribution in [2.45, 2.75) is 13.0 Å². The van der Waals surface area contributed by atoms with Crippen LogP contribution in [0.15, 0.2) is 24.4 Å². The highest BCUT2D eigenvalue weighted by atomic mass is 16.6. The average molecular weight is 285 g/mol. The van der Waals surface area contributed by atoms with E-state index in [0.717, 1.165) is 47.7 Å². The number of aromatic nitrogens is 1. The van der Waals surface area contributed by atoms with Crippen LogP contribution in [-0.2, 0) is 0 Å². The molecule has 2 aliphatic rings. The minimum absolute atomic E-state index is 0.529. The van der Waals surface area contributed by atoms with E-state index in [9.17, 15) is 0 Å². The zero-order valence-corrected chi connectivity index (χ0v) is 12.1. The highest BCUT2D eigenvalue weighted by Gasteiger charge is 2.26. The second kappa shape index (κ2) is 5.07. The van der Waals surface area contributed by atoms with E-state index >= 15 is 0 Å². The molecular weight excluding hydrogens is 266 g/mol. The molecule has 0 radical (unpaired) electrons. The molecule has 2 aromatic rings. The molecule has 0 aliphatic carbocycles. The van der Waals surface area contributed by atoms with Gasteiger partial charge in [-0.05, 0) is 30.5 Å². The largest absolute Gasteiger partial charge is 0.486 e. The van der Waals surface area contributed by atoms with Crippen LogP contribution in [0.5, 0.6) is 11.5 Å². The van der Waals surface area contributed by atoms with E-state index in [4.69, 9.17) is 9.47 Å². The maximum absolute atomic E-state index is 5.72. The van der Waals surface area contributed by atoms with Gasteiger partial charge in [0.15, 0.2) is 11.5 Å². The summed E-state index contributed by atoms with van der Waals surface area (Å²) in [5.74, 6) is 2.70. The van der Waals surface area contributed by atoms with Gasteiger partial charge >= 0.3 is 0 Å². The molecule has 21 heavy (non-hydrogen) atoms. The van der Waals surface area contributed by atoms with Crippen molar-refractivity contribution in [3.63, 3.8) is 0 Å². The number of pyridine rings is 1. The lowest BCUT2D eigenvalue weighted by Crippen LogP contribution is -2.57. The van der Waals surface area contributed by atoms with E-state index in [1.54, 1.807) is 0 Å². The SMILES string of the molecule is CCN(c1nccc2cc3c(cc12)OCCO3)C1CNC1. The van der Waals surface area contributed by atoms with E-state index in [0.29, 0.717) is 19.3 Å². The Morgan fingerprint density at radius 1 is 1.24 bits per heavy atom. The van der Waals surface area contributed by atoms with Crippen LogP contribution in [0.3, 0.4) is 0 Å². The molecule has 1 aromatic heterocycles. The first-order valence-corrected chi connectivity index (χ1v) is 7.52. The Bertz CT molecular complexity index is 670. The molecule has 1 fully saturated rings. The number of benzene rings is 1. The summed E-state index contributed by atoms with van der Waals surface area (Å²) >= 11 is 0. The van der Waals surface area contributed by atoms with Crippen LogP contribution in [-0.4, -0.2) is 43.9 Å².